The van der Waals surface area contributed by atoms with Crippen LogP contribution in [0.4, 0.5) is 0 Å². The second-order valence-corrected chi connectivity index (χ2v) is 5.84. The van der Waals surface area contributed by atoms with Crippen LogP contribution in [0, 0.1) is 0 Å². The molecule has 2 aromatic carbocycles. The standard InChI is InChI=1S/C12H6Cl2OS/c13-7-1-3-11-9(5-7)10-6-8(14)2-4-12(10)16(11)15/h1-6H. The summed E-state index contributed by atoms with van der Waals surface area (Å²) >= 11 is 11.9. The van der Waals surface area contributed by atoms with Gasteiger partial charge in [0.1, 0.15) is 0 Å². The van der Waals surface area contributed by atoms with Gasteiger partial charge in [-0.15, -0.1) is 0 Å². The zero-order valence-electron chi connectivity index (χ0n) is 8.04. The van der Waals surface area contributed by atoms with Crippen molar-refractivity contribution in [2.75, 3.05) is 0 Å². The number of halogens is 2. The lowest BCUT2D eigenvalue weighted by Crippen LogP contribution is -1.84. The molecule has 0 amide bonds. The summed E-state index contributed by atoms with van der Waals surface area (Å²) in [6, 6.07) is 10.8. The van der Waals surface area contributed by atoms with Crippen LogP contribution in [0.3, 0.4) is 0 Å². The van der Waals surface area contributed by atoms with Gasteiger partial charge in [0.05, 0.1) is 20.6 Å². The predicted octanol–water partition coefficient (Wildman–Crippen LogP) is 4.14. The van der Waals surface area contributed by atoms with E-state index in [9.17, 15) is 4.21 Å². The topological polar surface area (TPSA) is 17.1 Å². The Bertz CT molecular complexity index is 569. The highest BCUT2D eigenvalue weighted by Crippen LogP contribution is 2.42. The van der Waals surface area contributed by atoms with Crippen LogP contribution in [0.25, 0.3) is 11.1 Å². The minimum absolute atomic E-state index is 0.642. The van der Waals surface area contributed by atoms with Crippen molar-refractivity contribution in [3.63, 3.8) is 0 Å². The molecule has 3 rings (SSSR count). The molecule has 0 unspecified atom stereocenters. The van der Waals surface area contributed by atoms with Gasteiger partial charge in [0, 0.05) is 21.2 Å². The predicted molar refractivity (Wildman–Crippen MR) is 66.6 cm³/mol. The van der Waals surface area contributed by atoms with Gasteiger partial charge in [-0.05, 0) is 36.4 Å². The second-order valence-electron chi connectivity index (χ2n) is 3.55. The van der Waals surface area contributed by atoms with Gasteiger partial charge in [-0.3, -0.25) is 0 Å². The first kappa shape index (κ1) is 10.3. The first-order valence-electron chi connectivity index (χ1n) is 4.68. The van der Waals surface area contributed by atoms with E-state index in [4.69, 9.17) is 23.2 Å². The summed E-state index contributed by atoms with van der Waals surface area (Å²) < 4.78 is 12.1. The third kappa shape index (κ3) is 1.41. The minimum atomic E-state index is -1.11. The lowest BCUT2D eigenvalue weighted by molar-refractivity contribution is 0.685. The van der Waals surface area contributed by atoms with Gasteiger partial charge < -0.3 is 0 Å². The van der Waals surface area contributed by atoms with Gasteiger partial charge in [-0.2, -0.15) is 0 Å². The van der Waals surface area contributed by atoms with Crippen molar-refractivity contribution in [2.45, 2.75) is 9.79 Å². The maximum absolute atomic E-state index is 12.1. The number of fused-ring (bicyclic) bond motifs is 3. The highest BCUT2D eigenvalue weighted by Gasteiger charge is 2.25. The lowest BCUT2D eigenvalue weighted by Gasteiger charge is -1.99. The van der Waals surface area contributed by atoms with Crippen molar-refractivity contribution in [3.05, 3.63) is 46.4 Å². The normalized spacial score (nSPS) is 13.6. The van der Waals surface area contributed by atoms with Crippen LogP contribution in [0.1, 0.15) is 0 Å². The molecule has 1 heterocycles. The van der Waals surface area contributed by atoms with E-state index in [0.29, 0.717) is 10.0 Å². The van der Waals surface area contributed by atoms with E-state index in [1.54, 1.807) is 12.1 Å². The molecule has 0 saturated carbocycles. The molecule has 0 aliphatic carbocycles. The van der Waals surface area contributed by atoms with Crippen LogP contribution in [0.15, 0.2) is 46.2 Å². The van der Waals surface area contributed by atoms with E-state index in [1.165, 1.54) is 0 Å². The molecule has 1 aliphatic heterocycles. The van der Waals surface area contributed by atoms with Gasteiger partial charge >= 0.3 is 0 Å². The lowest BCUT2D eigenvalue weighted by atomic mass is 10.1. The quantitative estimate of drug-likeness (QED) is 0.599. The molecule has 4 heteroatoms. The molecule has 0 fully saturated rings. The zero-order chi connectivity index (χ0) is 11.3. The summed E-state index contributed by atoms with van der Waals surface area (Å²) in [5.41, 5.74) is 1.84. The fraction of sp³-hybridized carbons (Fsp3) is 0. The average Bonchev–Trinajstić information content (AvgIpc) is 2.52. The Labute approximate surface area is 105 Å². The summed E-state index contributed by atoms with van der Waals surface area (Å²) in [7, 11) is -1.11. The van der Waals surface area contributed by atoms with Crippen molar-refractivity contribution in [3.8, 4) is 11.1 Å². The number of hydrogen-bond donors (Lipinski definition) is 0. The first-order valence-corrected chi connectivity index (χ1v) is 6.58. The second kappa shape index (κ2) is 3.59. The molecule has 1 nitrogen and oxygen atoms in total. The van der Waals surface area contributed by atoms with Crippen LogP contribution in [-0.4, -0.2) is 4.21 Å². The minimum Gasteiger partial charge on any atom is -0.249 e. The summed E-state index contributed by atoms with van der Waals surface area (Å²) in [5.74, 6) is 0. The molecule has 0 radical (unpaired) electrons. The molecule has 0 bridgehead atoms. The molecule has 1 aliphatic rings. The smallest absolute Gasteiger partial charge is 0.0862 e. The largest absolute Gasteiger partial charge is 0.249 e. The fourth-order valence-electron chi connectivity index (χ4n) is 1.87. The van der Waals surface area contributed by atoms with E-state index in [2.05, 4.69) is 0 Å². The molecule has 0 spiro atoms. The number of rotatable bonds is 0. The van der Waals surface area contributed by atoms with Gasteiger partial charge in [-0.1, -0.05) is 23.2 Å². The highest BCUT2D eigenvalue weighted by atomic mass is 35.5. The summed E-state index contributed by atoms with van der Waals surface area (Å²) in [6.07, 6.45) is 0. The van der Waals surface area contributed by atoms with Crippen molar-refractivity contribution in [1.82, 2.24) is 0 Å². The SMILES string of the molecule is O=S1c2ccc(Cl)cc2-c2cc(Cl)ccc21. The summed E-state index contributed by atoms with van der Waals surface area (Å²) in [6.45, 7) is 0. The van der Waals surface area contributed by atoms with E-state index in [-0.39, 0.29) is 0 Å². The van der Waals surface area contributed by atoms with E-state index in [0.717, 1.165) is 20.9 Å². The van der Waals surface area contributed by atoms with Crippen LogP contribution in [-0.2, 0) is 10.8 Å². The number of benzene rings is 2. The van der Waals surface area contributed by atoms with Crippen LogP contribution >= 0.6 is 23.2 Å². The average molecular weight is 269 g/mol. The molecule has 0 N–H and O–H groups in total. The van der Waals surface area contributed by atoms with Crippen molar-refractivity contribution in [2.24, 2.45) is 0 Å². The Kier molecular flexibility index (Phi) is 2.32. The van der Waals surface area contributed by atoms with Gasteiger partial charge in [0.2, 0.25) is 0 Å². The molecule has 0 saturated heterocycles. The van der Waals surface area contributed by atoms with Crippen LogP contribution < -0.4 is 0 Å². The molecule has 16 heavy (non-hydrogen) atoms. The zero-order valence-corrected chi connectivity index (χ0v) is 10.4. The number of hydrogen-bond acceptors (Lipinski definition) is 1. The maximum atomic E-state index is 12.1. The van der Waals surface area contributed by atoms with E-state index >= 15 is 0 Å². The van der Waals surface area contributed by atoms with Crippen LogP contribution in [0.2, 0.25) is 10.0 Å². The Balaban J connectivity index is 2.37. The maximum Gasteiger partial charge on any atom is 0.0862 e. The monoisotopic (exact) mass is 268 g/mol. The molecule has 80 valence electrons. The Morgan fingerprint density at radius 1 is 0.812 bits per heavy atom. The Morgan fingerprint density at radius 2 is 1.25 bits per heavy atom. The molecule has 0 atom stereocenters. The Morgan fingerprint density at radius 3 is 1.69 bits per heavy atom. The van der Waals surface area contributed by atoms with Gasteiger partial charge in [0.15, 0.2) is 0 Å². The fourth-order valence-corrected chi connectivity index (χ4v) is 3.57. The van der Waals surface area contributed by atoms with Crippen molar-refractivity contribution < 1.29 is 4.21 Å². The van der Waals surface area contributed by atoms with E-state index < -0.39 is 10.8 Å². The third-order valence-electron chi connectivity index (χ3n) is 2.57. The summed E-state index contributed by atoms with van der Waals surface area (Å²) in [5, 5.41) is 1.28. The third-order valence-corrected chi connectivity index (χ3v) is 4.55. The highest BCUT2D eigenvalue weighted by molar-refractivity contribution is 7.85. The molecular weight excluding hydrogens is 263 g/mol. The van der Waals surface area contributed by atoms with Crippen LogP contribution in [0.5, 0.6) is 0 Å². The van der Waals surface area contributed by atoms with E-state index in [1.807, 2.05) is 24.3 Å². The first-order chi connectivity index (χ1) is 7.66. The van der Waals surface area contributed by atoms with Gasteiger partial charge in [-0.25, -0.2) is 4.21 Å². The summed E-state index contributed by atoms with van der Waals surface area (Å²) in [4.78, 5) is 1.61. The van der Waals surface area contributed by atoms with Crippen molar-refractivity contribution in [1.29, 1.82) is 0 Å². The van der Waals surface area contributed by atoms with Crippen molar-refractivity contribution >= 4 is 34.0 Å². The van der Waals surface area contributed by atoms with Gasteiger partial charge in [0.25, 0.3) is 0 Å². The molecule has 2 aromatic rings. The Hall–Kier alpha value is -0.830. The molecular formula is C12H6Cl2OS. The molecule has 0 aromatic heterocycles.